The van der Waals surface area contributed by atoms with E-state index in [9.17, 15) is 4.79 Å². The topological polar surface area (TPSA) is 41.4 Å². The van der Waals surface area contributed by atoms with Crippen molar-refractivity contribution >= 4 is 40.5 Å². The molecule has 0 N–H and O–H groups in total. The van der Waals surface area contributed by atoms with Crippen molar-refractivity contribution in [2.45, 2.75) is 0 Å². The van der Waals surface area contributed by atoms with Gasteiger partial charge >= 0.3 is 0 Å². The van der Waals surface area contributed by atoms with Gasteiger partial charge in [-0.1, -0.05) is 34.8 Å². The molecule has 0 bridgehead atoms. The number of likely N-dealkylation sites (N-methyl/N-ethyl adjacent to an activating group) is 2. The van der Waals surface area contributed by atoms with Crippen LogP contribution in [0.4, 0.5) is 5.69 Å². The third-order valence-corrected chi connectivity index (χ3v) is 4.40. The molecule has 0 saturated heterocycles. The normalized spacial score (nSPS) is 11.1. The van der Waals surface area contributed by atoms with Gasteiger partial charge in [0.25, 0.3) is 5.56 Å². The molecule has 0 aliphatic rings. The zero-order valence-corrected chi connectivity index (χ0v) is 15.3. The molecule has 2 aromatic rings. The van der Waals surface area contributed by atoms with Gasteiger partial charge in [-0.25, -0.2) is 0 Å². The van der Waals surface area contributed by atoms with Crippen LogP contribution in [-0.4, -0.2) is 48.9 Å². The average molecular weight is 376 g/mol. The Morgan fingerprint density at radius 3 is 2.39 bits per heavy atom. The maximum Gasteiger partial charge on any atom is 0.291 e. The molecule has 23 heavy (non-hydrogen) atoms. The van der Waals surface area contributed by atoms with Crippen molar-refractivity contribution in [2.75, 3.05) is 39.1 Å². The first-order valence-electron chi connectivity index (χ1n) is 6.90. The molecule has 1 aromatic heterocycles. The van der Waals surface area contributed by atoms with Crippen molar-refractivity contribution in [2.24, 2.45) is 0 Å². The van der Waals surface area contributed by atoms with Gasteiger partial charge in [0.2, 0.25) is 0 Å². The van der Waals surface area contributed by atoms with Crippen molar-refractivity contribution in [3.8, 4) is 5.69 Å². The molecule has 0 fully saturated rings. The molecule has 5 nitrogen and oxygen atoms in total. The Labute approximate surface area is 150 Å². The lowest BCUT2D eigenvalue weighted by molar-refractivity contribution is 0.416. The number of hydrogen-bond donors (Lipinski definition) is 0. The van der Waals surface area contributed by atoms with Crippen LogP contribution in [0.2, 0.25) is 15.1 Å². The van der Waals surface area contributed by atoms with E-state index in [2.05, 4.69) is 14.9 Å². The SMILES string of the molecule is CN(C)CCN(C)c1ccc(-n2ncc(Cl)c(Cl)c2=O)cc1Cl. The van der Waals surface area contributed by atoms with Gasteiger partial charge in [0.05, 0.1) is 27.6 Å². The summed E-state index contributed by atoms with van der Waals surface area (Å²) in [5.41, 5.74) is 0.928. The van der Waals surface area contributed by atoms with E-state index in [1.54, 1.807) is 12.1 Å². The van der Waals surface area contributed by atoms with Crippen LogP contribution in [0.5, 0.6) is 0 Å². The van der Waals surface area contributed by atoms with E-state index in [-0.39, 0.29) is 10.0 Å². The summed E-state index contributed by atoms with van der Waals surface area (Å²) in [4.78, 5) is 16.3. The van der Waals surface area contributed by atoms with E-state index in [0.29, 0.717) is 10.7 Å². The quantitative estimate of drug-likeness (QED) is 0.805. The largest absolute Gasteiger partial charge is 0.372 e. The predicted octanol–water partition coefficient (Wildman–Crippen LogP) is 3.19. The minimum absolute atomic E-state index is 0.0648. The van der Waals surface area contributed by atoms with Crippen LogP contribution in [0.3, 0.4) is 0 Å². The zero-order chi connectivity index (χ0) is 17.1. The maximum atomic E-state index is 12.1. The number of nitrogens with zero attached hydrogens (tertiary/aromatic N) is 4. The zero-order valence-electron chi connectivity index (χ0n) is 13.1. The van der Waals surface area contributed by atoms with Crippen LogP contribution in [0.1, 0.15) is 0 Å². The van der Waals surface area contributed by atoms with Gasteiger partial charge in [0.1, 0.15) is 5.02 Å². The number of aromatic nitrogens is 2. The fraction of sp³-hybridized carbons (Fsp3) is 0.333. The number of rotatable bonds is 5. The fourth-order valence-electron chi connectivity index (χ4n) is 2.00. The molecule has 8 heteroatoms. The number of halogens is 3. The summed E-state index contributed by atoms with van der Waals surface area (Å²) in [6.45, 7) is 1.74. The van der Waals surface area contributed by atoms with E-state index >= 15 is 0 Å². The summed E-state index contributed by atoms with van der Waals surface area (Å²) < 4.78 is 1.17. The molecule has 0 saturated carbocycles. The molecular weight excluding hydrogens is 359 g/mol. The number of hydrogen-bond acceptors (Lipinski definition) is 4. The van der Waals surface area contributed by atoms with Crippen molar-refractivity contribution in [3.63, 3.8) is 0 Å². The molecule has 1 heterocycles. The second-order valence-electron chi connectivity index (χ2n) is 5.38. The fourth-order valence-corrected chi connectivity index (χ4v) is 2.58. The summed E-state index contributed by atoms with van der Waals surface area (Å²) in [5, 5.41) is 4.58. The molecule has 0 spiro atoms. The van der Waals surface area contributed by atoms with Crippen LogP contribution in [0.25, 0.3) is 5.69 Å². The van der Waals surface area contributed by atoms with Crippen molar-refractivity contribution in [1.82, 2.24) is 14.7 Å². The Kier molecular flexibility index (Phi) is 5.92. The highest BCUT2D eigenvalue weighted by atomic mass is 35.5. The van der Waals surface area contributed by atoms with Crippen molar-refractivity contribution < 1.29 is 0 Å². The van der Waals surface area contributed by atoms with E-state index in [1.807, 2.05) is 27.2 Å². The highest BCUT2D eigenvalue weighted by Gasteiger charge is 2.12. The van der Waals surface area contributed by atoms with Crippen molar-refractivity contribution in [1.29, 1.82) is 0 Å². The monoisotopic (exact) mass is 374 g/mol. The number of anilines is 1. The summed E-state index contributed by atoms with van der Waals surface area (Å²) >= 11 is 18.0. The van der Waals surface area contributed by atoms with E-state index in [4.69, 9.17) is 34.8 Å². The average Bonchev–Trinajstić information content (AvgIpc) is 2.50. The highest BCUT2D eigenvalue weighted by molar-refractivity contribution is 6.41. The first-order valence-corrected chi connectivity index (χ1v) is 8.03. The summed E-state index contributed by atoms with van der Waals surface area (Å²) in [6.07, 6.45) is 1.33. The van der Waals surface area contributed by atoms with Gasteiger partial charge in [-0.05, 0) is 32.3 Å². The van der Waals surface area contributed by atoms with Crippen LogP contribution < -0.4 is 10.5 Å². The smallest absolute Gasteiger partial charge is 0.291 e. The lowest BCUT2D eigenvalue weighted by Crippen LogP contribution is -2.28. The Bertz CT molecular complexity index is 761. The molecular formula is C15H17Cl3N4O. The molecule has 124 valence electrons. The van der Waals surface area contributed by atoms with E-state index < -0.39 is 5.56 Å². The molecule has 0 radical (unpaired) electrons. The van der Waals surface area contributed by atoms with Gasteiger partial charge in [-0.2, -0.15) is 9.78 Å². The highest BCUT2D eigenvalue weighted by Crippen LogP contribution is 2.27. The Balaban J connectivity index is 2.33. The molecule has 0 aliphatic carbocycles. The van der Waals surface area contributed by atoms with Crippen LogP contribution in [0, 0.1) is 0 Å². The van der Waals surface area contributed by atoms with Gasteiger partial charge in [-0.15, -0.1) is 0 Å². The van der Waals surface area contributed by atoms with Gasteiger partial charge < -0.3 is 9.80 Å². The second kappa shape index (κ2) is 7.53. The van der Waals surface area contributed by atoms with Crippen LogP contribution in [0.15, 0.2) is 29.2 Å². The summed E-state index contributed by atoms with van der Waals surface area (Å²) in [5.74, 6) is 0. The molecule has 0 atom stereocenters. The Morgan fingerprint density at radius 1 is 1.09 bits per heavy atom. The third kappa shape index (κ3) is 4.18. The van der Waals surface area contributed by atoms with Crippen LogP contribution >= 0.6 is 34.8 Å². The molecule has 0 aliphatic heterocycles. The lowest BCUT2D eigenvalue weighted by Gasteiger charge is -2.23. The Hall–Kier alpha value is -1.27. The van der Waals surface area contributed by atoms with Gasteiger partial charge in [0.15, 0.2) is 0 Å². The summed E-state index contributed by atoms with van der Waals surface area (Å²) in [7, 11) is 6.00. The second-order valence-corrected chi connectivity index (χ2v) is 6.58. The van der Waals surface area contributed by atoms with Crippen LogP contribution in [-0.2, 0) is 0 Å². The molecule has 1 aromatic carbocycles. The first kappa shape index (κ1) is 18.1. The minimum atomic E-state index is -0.482. The van der Waals surface area contributed by atoms with Gasteiger partial charge in [0, 0.05) is 20.1 Å². The Morgan fingerprint density at radius 2 is 1.78 bits per heavy atom. The molecule has 2 rings (SSSR count). The lowest BCUT2D eigenvalue weighted by atomic mass is 10.2. The summed E-state index contributed by atoms with van der Waals surface area (Å²) in [6, 6.07) is 5.30. The first-order chi connectivity index (χ1) is 10.8. The van der Waals surface area contributed by atoms with E-state index in [1.165, 1.54) is 10.9 Å². The molecule has 0 unspecified atom stereocenters. The predicted molar refractivity (Wildman–Crippen MR) is 96.7 cm³/mol. The van der Waals surface area contributed by atoms with E-state index in [0.717, 1.165) is 18.8 Å². The van der Waals surface area contributed by atoms with Crippen molar-refractivity contribution in [3.05, 3.63) is 49.8 Å². The molecule has 0 amide bonds. The maximum absolute atomic E-state index is 12.1. The third-order valence-electron chi connectivity index (χ3n) is 3.35. The minimum Gasteiger partial charge on any atom is -0.372 e. The standard InChI is InChI=1S/C15H17Cl3N4O/c1-20(2)6-7-21(3)13-5-4-10(8-11(13)16)22-15(23)14(18)12(17)9-19-22/h4-5,8-9H,6-7H2,1-3H3. The van der Waals surface area contributed by atoms with Gasteiger partial charge in [-0.3, -0.25) is 4.79 Å². The number of benzene rings is 1.